The lowest BCUT2D eigenvalue weighted by Gasteiger charge is -2.13. The van der Waals surface area contributed by atoms with Crippen molar-refractivity contribution in [3.63, 3.8) is 0 Å². The Morgan fingerprint density at radius 3 is 2.33 bits per heavy atom. The first kappa shape index (κ1) is 16.8. The van der Waals surface area contributed by atoms with Crippen molar-refractivity contribution in [1.82, 2.24) is 0 Å². The van der Waals surface area contributed by atoms with Gasteiger partial charge in [-0.05, 0) is 18.2 Å². The molecule has 3 rings (SSSR count). The van der Waals surface area contributed by atoms with Gasteiger partial charge >= 0.3 is 0 Å². The summed E-state index contributed by atoms with van der Waals surface area (Å²) >= 11 is 6.07. The molecule has 128 valence electrons. The maximum atomic E-state index is 13.3. The minimum absolute atomic E-state index is 0.0469. The van der Waals surface area contributed by atoms with Crippen molar-refractivity contribution in [2.45, 2.75) is 11.3 Å². The Kier molecular flexibility index (Phi) is 4.51. The Hall–Kier alpha value is -2.06. The van der Waals surface area contributed by atoms with Gasteiger partial charge in [-0.15, -0.1) is 0 Å². The van der Waals surface area contributed by atoms with Crippen molar-refractivity contribution in [2.24, 2.45) is 0 Å². The maximum absolute atomic E-state index is 13.3. The topological polar surface area (TPSA) is 64.6 Å². The fourth-order valence-corrected chi connectivity index (χ4v) is 3.45. The van der Waals surface area contributed by atoms with Crippen LogP contribution in [-0.4, -0.2) is 21.6 Å². The molecule has 0 aliphatic carbocycles. The molecule has 1 aliphatic rings. The van der Waals surface area contributed by atoms with Crippen molar-refractivity contribution in [3.05, 3.63) is 47.0 Å². The highest BCUT2D eigenvalue weighted by atomic mass is 35.5. The molecule has 9 heteroatoms. The zero-order chi connectivity index (χ0) is 17.3. The summed E-state index contributed by atoms with van der Waals surface area (Å²) < 4.78 is 64.0. The summed E-state index contributed by atoms with van der Waals surface area (Å²) in [6, 6.07) is 5.11. The quantitative estimate of drug-likeness (QED) is 0.890. The van der Waals surface area contributed by atoms with Crippen LogP contribution in [0, 0.1) is 11.6 Å². The second-order valence-corrected chi connectivity index (χ2v) is 7.10. The highest BCUT2D eigenvalue weighted by Gasteiger charge is 2.20. The van der Waals surface area contributed by atoms with Gasteiger partial charge in [0.15, 0.2) is 23.1 Å². The molecule has 0 aromatic heterocycles. The first-order chi connectivity index (χ1) is 11.4. The van der Waals surface area contributed by atoms with Crippen LogP contribution in [0.4, 0.5) is 14.5 Å². The molecule has 2 aromatic carbocycles. The number of rotatable bonds is 3. The summed E-state index contributed by atoms with van der Waals surface area (Å²) in [5.41, 5.74) is 0.0469. The van der Waals surface area contributed by atoms with Crippen molar-refractivity contribution in [1.29, 1.82) is 0 Å². The lowest BCUT2D eigenvalue weighted by molar-refractivity contribution is 0.297. The molecule has 0 saturated carbocycles. The highest BCUT2D eigenvalue weighted by molar-refractivity contribution is 7.92. The molecule has 1 N–H and O–H groups in total. The summed E-state index contributed by atoms with van der Waals surface area (Å²) in [6.07, 6.45) is 0.683. The van der Waals surface area contributed by atoms with Gasteiger partial charge in [0.25, 0.3) is 10.0 Å². The minimum atomic E-state index is -4.15. The van der Waals surface area contributed by atoms with E-state index in [1.54, 1.807) is 0 Å². The van der Waals surface area contributed by atoms with E-state index < -0.39 is 26.6 Å². The van der Waals surface area contributed by atoms with Gasteiger partial charge in [-0.25, -0.2) is 17.2 Å². The molecular formula is C15H12ClF2NO4S. The Balaban J connectivity index is 1.95. The fourth-order valence-electron chi connectivity index (χ4n) is 2.11. The monoisotopic (exact) mass is 375 g/mol. The van der Waals surface area contributed by atoms with Crippen LogP contribution in [0.1, 0.15) is 6.42 Å². The Morgan fingerprint density at radius 1 is 1.00 bits per heavy atom. The molecule has 0 amide bonds. The number of nitrogens with one attached hydrogen (secondary N) is 1. The predicted molar refractivity (Wildman–Crippen MR) is 84.2 cm³/mol. The van der Waals surface area contributed by atoms with E-state index in [4.69, 9.17) is 21.1 Å². The molecule has 0 radical (unpaired) electrons. The summed E-state index contributed by atoms with van der Waals surface area (Å²) in [5.74, 6) is -1.64. The second-order valence-electron chi connectivity index (χ2n) is 5.01. The van der Waals surface area contributed by atoms with Crippen molar-refractivity contribution in [2.75, 3.05) is 17.9 Å². The minimum Gasteiger partial charge on any atom is -0.490 e. The van der Waals surface area contributed by atoms with Gasteiger partial charge in [-0.2, -0.15) is 0 Å². The van der Waals surface area contributed by atoms with Gasteiger partial charge in [0.2, 0.25) is 0 Å². The normalized spacial score (nSPS) is 14.1. The van der Waals surface area contributed by atoms with E-state index >= 15 is 0 Å². The molecular weight excluding hydrogens is 364 g/mol. The standard InChI is InChI=1S/C15H12ClF2NO4S/c16-10-7-14-15(23-5-1-4-22-14)8-13(10)19-24(20,21)9-2-3-11(17)12(18)6-9/h2-3,6-8,19H,1,4-5H2. The number of anilines is 1. The van der Waals surface area contributed by atoms with Gasteiger partial charge in [-0.3, -0.25) is 4.72 Å². The maximum Gasteiger partial charge on any atom is 0.262 e. The SMILES string of the molecule is O=S(=O)(Nc1cc2c(cc1Cl)OCCCO2)c1ccc(F)c(F)c1. The van der Waals surface area contributed by atoms with Crippen LogP contribution in [0.25, 0.3) is 0 Å². The van der Waals surface area contributed by atoms with Crippen molar-refractivity contribution in [3.8, 4) is 11.5 Å². The fraction of sp³-hybridized carbons (Fsp3) is 0.200. The number of halogens is 3. The zero-order valence-corrected chi connectivity index (χ0v) is 13.8. The van der Waals surface area contributed by atoms with Gasteiger partial charge < -0.3 is 9.47 Å². The molecule has 0 atom stereocenters. The molecule has 1 heterocycles. The van der Waals surface area contributed by atoms with E-state index in [2.05, 4.69) is 4.72 Å². The molecule has 5 nitrogen and oxygen atoms in total. The van der Waals surface area contributed by atoms with Crippen LogP contribution in [0.5, 0.6) is 11.5 Å². The van der Waals surface area contributed by atoms with E-state index in [0.717, 1.165) is 12.1 Å². The third-order valence-electron chi connectivity index (χ3n) is 3.28. The predicted octanol–water partition coefficient (Wildman–Crippen LogP) is 3.58. The van der Waals surface area contributed by atoms with Crippen molar-refractivity contribution < 1.29 is 26.7 Å². The number of hydrogen-bond acceptors (Lipinski definition) is 4. The van der Waals surface area contributed by atoms with Gasteiger partial charge in [0, 0.05) is 18.6 Å². The molecule has 0 saturated heterocycles. The molecule has 0 fully saturated rings. The van der Waals surface area contributed by atoms with E-state index in [0.29, 0.717) is 37.2 Å². The molecule has 0 spiro atoms. The summed E-state index contributed by atoms with van der Waals surface area (Å²) in [7, 11) is -4.15. The Bertz CT molecular complexity index is 889. The average Bonchev–Trinajstić information content (AvgIpc) is 2.75. The number of benzene rings is 2. The third-order valence-corrected chi connectivity index (χ3v) is 4.96. The highest BCUT2D eigenvalue weighted by Crippen LogP contribution is 2.38. The van der Waals surface area contributed by atoms with Crippen LogP contribution in [-0.2, 0) is 10.0 Å². The molecule has 2 aromatic rings. The average molecular weight is 376 g/mol. The smallest absolute Gasteiger partial charge is 0.262 e. The van der Waals surface area contributed by atoms with Gasteiger partial charge in [0.05, 0.1) is 28.8 Å². The first-order valence-corrected chi connectivity index (χ1v) is 8.80. The van der Waals surface area contributed by atoms with E-state index in [1.165, 1.54) is 12.1 Å². The number of fused-ring (bicyclic) bond motifs is 1. The molecule has 24 heavy (non-hydrogen) atoms. The zero-order valence-electron chi connectivity index (χ0n) is 12.2. The molecule has 0 unspecified atom stereocenters. The number of ether oxygens (including phenoxy) is 2. The van der Waals surface area contributed by atoms with Crippen molar-refractivity contribution >= 4 is 27.3 Å². The third kappa shape index (κ3) is 3.39. The van der Waals surface area contributed by atoms with Crippen LogP contribution < -0.4 is 14.2 Å². The number of sulfonamides is 1. The lowest BCUT2D eigenvalue weighted by atomic mass is 10.3. The molecule has 1 aliphatic heterocycles. The largest absolute Gasteiger partial charge is 0.490 e. The lowest BCUT2D eigenvalue weighted by Crippen LogP contribution is -2.14. The van der Waals surface area contributed by atoms with E-state index in [-0.39, 0.29) is 10.7 Å². The summed E-state index contributed by atoms with van der Waals surface area (Å²) in [5, 5.41) is 0.0883. The second kappa shape index (κ2) is 6.45. The van der Waals surface area contributed by atoms with Gasteiger partial charge in [0.1, 0.15) is 0 Å². The molecule has 0 bridgehead atoms. The summed E-state index contributed by atoms with van der Waals surface area (Å²) in [4.78, 5) is -0.426. The Labute approximate surface area is 142 Å². The number of hydrogen-bond donors (Lipinski definition) is 1. The van der Waals surface area contributed by atoms with Crippen LogP contribution in [0.2, 0.25) is 5.02 Å². The first-order valence-electron chi connectivity index (χ1n) is 6.94. The Morgan fingerprint density at radius 2 is 1.67 bits per heavy atom. The van der Waals surface area contributed by atoms with Gasteiger partial charge in [-0.1, -0.05) is 11.6 Å². The summed E-state index contributed by atoms with van der Waals surface area (Å²) in [6.45, 7) is 0.882. The van der Waals surface area contributed by atoms with Crippen LogP contribution in [0.3, 0.4) is 0 Å². The van der Waals surface area contributed by atoms with E-state index in [9.17, 15) is 17.2 Å². The van der Waals surface area contributed by atoms with Crippen LogP contribution in [0.15, 0.2) is 35.2 Å². The van der Waals surface area contributed by atoms with E-state index in [1.807, 2.05) is 0 Å². The van der Waals surface area contributed by atoms with Crippen LogP contribution >= 0.6 is 11.6 Å².